The number of hydrogen-bond acceptors (Lipinski definition) is 8. The number of hydrogen-bond donors (Lipinski definition) is 0. The number of rotatable bonds is 12. The van der Waals surface area contributed by atoms with Gasteiger partial charge in [-0.1, -0.05) is 44.4 Å². The van der Waals surface area contributed by atoms with Crippen LogP contribution in [0.15, 0.2) is 41.3 Å². The predicted octanol–water partition coefficient (Wildman–Crippen LogP) is 5.68. The lowest BCUT2D eigenvalue weighted by Gasteiger charge is -2.30. The summed E-state index contributed by atoms with van der Waals surface area (Å²) in [5.74, 6) is 0.943. The van der Waals surface area contributed by atoms with Crippen LogP contribution >= 0.6 is 23.7 Å². The Morgan fingerprint density at radius 2 is 1.59 bits per heavy atom. The van der Waals surface area contributed by atoms with Gasteiger partial charge in [0, 0.05) is 43.9 Å². The molecule has 1 saturated carbocycles. The summed E-state index contributed by atoms with van der Waals surface area (Å²) >= 11 is 1.41. The van der Waals surface area contributed by atoms with Gasteiger partial charge in [-0.15, -0.1) is 12.4 Å². The lowest BCUT2D eigenvalue weighted by molar-refractivity contribution is 0.0983. The van der Waals surface area contributed by atoms with E-state index in [1.54, 1.807) is 50.4 Å². The molecule has 1 fully saturated rings. The van der Waals surface area contributed by atoms with Crippen molar-refractivity contribution in [2.45, 2.75) is 56.9 Å². The summed E-state index contributed by atoms with van der Waals surface area (Å²) < 4.78 is 39.9. The summed E-state index contributed by atoms with van der Waals surface area (Å²) in [6.45, 7) is 7.05. The summed E-state index contributed by atoms with van der Waals surface area (Å²) in [6.07, 6.45) is 5.02. The number of benzene rings is 2. The smallest absolute Gasteiger partial charge is 0.260 e. The van der Waals surface area contributed by atoms with Crippen molar-refractivity contribution in [1.82, 2.24) is 14.2 Å². The number of thiazole rings is 1. The third kappa shape index (κ3) is 7.32. The molecule has 1 aliphatic rings. The number of ether oxygens (including phenoxy) is 2. The molecular weight excluding hydrogens is 584 g/mol. The molecule has 3 aromatic rings. The van der Waals surface area contributed by atoms with Gasteiger partial charge in [0.15, 0.2) is 16.6 Å². The zero-order valence-electron chi connectivity index (χ0n) is 24.5. The summed E-state index contributed by atoms with van der Waals surface area (Å²) in [7, 11) is 1.18. The van der Waals surface area contributed by atoms with Gasteiger partial charge < -0.3 is 14.4 Å². The van der Waals surface area contributed by atoms with Gasteiger partial charge >= 0.3 is 0 Å². The van der Waals surface area contributed by atoms with Gasteiger partial charge in [0.25, 0.3) is 5.91 Å². The van der Waals surface area contributed by atoms with Crippen molar-refractivity contribution in [2.75, 3.05) is 52.3 Å². The molecule has 41 heavy (non-hydrogen) atoms. The average Bonchev–Trinajstić information content (AvgIpc) is 3.40. The van der Waals surface area contributed by atoms with Gasteiger partial charge in [-0.3, -0.25) is 9.69 Å². The van der Waals surface area contributed by atoms with Crippen LogP contribution in [0.3, 0.4) is 0 Å². The molecule has 0 atom stereocenters. The number of methoxy groups -OCH3 is 2. The first-order valence-corrected chi connectivity index (χ1v) is 16.1. The van der Waals surface area contributed by atoms with E-state index >= 15 is 0 Å². The Bertz CT molecular complexity index is 1360. The van der Waals surface area contributed by atoms with Crippen molar-refractivity contribution in [3.63, 3.8) is 0 Å². The van der Waals surface area contributed by atoms with Crippen LogP contribution in [0.25, 0.3) is 10.2 Å². The lowest BCUT2D eigenvalue weighted by atomic mass is 9.96. The van der Waals surface area contributed by atoms with Crippen molar-refractivity contribution in [2.24, 2.45) is 0 Å². The van der Waals surface area contributed by atoms with Gasteiger partial charge in [0.05, 0.1) is 29.3 Å². The van der Waals surface area contributed by atoms with Gasteiger partial charge in [-0.2, -0.15) is 4.31 Å². The minimum absolute atomic E-state index is 0. The highest BCUT2D eigenvalue weighted by atomic mass is 35.5. The van der Waals surface area contributed by atoms with Crippen molar-refractivity contribution in [3.8, 4) is 11.5 Å². The van der Waals surface area contributed by atoms with Crippen LogP contribution in [0.1, 0.15) is 56.3 Å². The molecule has 4 rings (SSSR count). The second-order valence-corrected chi connectivity index (χ2v) is 13.0. The van der Waals surface area contributed by atoms with Crippen molar-refractivity contribution in [1.29, 1.82) is 0 Å². The van der Waals surface area contributed by atoms with Gasteiger partial charge in [0.1, 0.15) is 0 Å². The molecule has 0 aliphatic heterocycles. The highest BCUT2D eigenvalue weighted by Crippen LogP contribution is 2.37. The standard InChI is InChI=1S/C29H40N4O5S2.ClH/c1-6-32(7-2)17-18-33(29-30-24-19-25(37-4)26(38-5)20-27(24)39-29)28(34)21-13-15-23(16-14-21)40(35,36)31(3)22-11-9-8-10-12-22;/h13-16,19-20,22H,6-12,17-18H2,1-5H3;1H. The van der Waals surface area contributed by atoms with Crippen LogP contribution in [-0.2, 0) is 10.0 Å². The Morgan fingerprint density at radius 3 is 2.17 bits per heavy atom. The number of likely N-dealkylation sites (N-methyl/N-ethyl adjacent to an activating group) is 1. The fourth-order valence-electron chi connectivity index (χ4n) is 5.16. The molecule has 1 amide bonds. The first kappa shape index (κ1) is 33.1. The van der Waals surface area contributed by atoms with E-state index in [1.165, 1.54) is 15.6 Å². The Labute approximate surface area is 253 Å². The van der Waals surface area contributed by atoms with Gasteiger partial charge in [-0.05, 0) is 50.2 Å². The van der Waals surface area contributed by atoms with E-state index in [9.17, 15) is 13.2 Å². The van der Waals surface area contributed by atoms with E-state index in [1.807, 2.05) is 12.1 Å². The zero-order valence-corrected chi connectivity index (χ0v) is 26.9. The van der Waals surface area contributed by atoms with Crippen LogP contribution in [0.5, 0.6) is 11.5 Å². The fraction of sp³-hybridized carbons (Fsp3) is 0.517. The molecule has 0 spiro atoms. The minimum atomic E-state index is -3.64. The molecule has 12 heteroatoms. The SMILES string of the molecule is CCN(CC)CCN(C(=O)c1ccc(S(=O)(=O)N(C)C2CCCCC2)cc1)c1nc2cc(OC)c(OC)cc2s1.Cl. The highest BCUT2D eigenvalue weighted by molar-refractivity contribution is 7.89. The summed E-state index contributed by atoms with van der Waals surface area (Å²) in [5, 5.41) is 0.566. The molecular formula is C29H41ClN4O5S2. The van der Waals surface area contributed by atoms with Gasteiger partial charge in [0.2, 0.25) is 10.0 Å². The number of carbonyl (C=O) groups is 1. The number of sulfonamides is 1. The predicted molar refractivity (Wildman–Crippen MR) is 168 cm³/mol. The van der Waals surface area contributed by atoms with Crippen molar-refractivity contribution < 1.29 is 22.7 Å². The Hall–Kier alpha value is -2.44. The summed E-state index contributed by atoms with van der Waals surface area (Å²) in [4.78, 5) is 22.8. The normalized spacial score (nSPS) is 14.3. The lowest BCUT2D eigenvalue weighted by Crippen LogP contribution is -2.39. The first-order valence-electron chi connectivity index (χ1n) is 13.9. The molecule has 2 aromatic carbocycles. The van der Waals surface area contributed by atoms with E-state index in [0.29, 0.717) is 40.8 Å². The Balaban J connectivity index is 0.00000462. The molecule has 0 N–H and O–H groups in total. The van der Waals surface area contributed by atoms with Crippen molar-refractivity contribution >= 4 is 55.0 Å². The fourth-order valence-corrected chi connectivity index (χ4v) is 7.57. The van der Waals surface area contributed by atoms with E-state index in [-0.39, 0.29) is 29.3 Å². The zero-order chi connectivity index (χ0) is 28.9. The molecule has 0 radical (unpaired) electrons. The molecule has 9 nitrogen and oxygen atoms in total. The average molecular weight is 625 g/mol. The van der Waals surface area contributed by atoms with Crippen LogP contribution in [0, 0.1) is 0 Å². The summed E-state index contributed by atoms with van der Waals surface area (Å²) in [5.41, 5.74) is 1.12. The molecule has 1 aromatic heterocycles. The molecule has 0 unspecified atom stereocenters. The highest BCUT2D eigenvalue weighted by Gasteiger charge is 2.30. The van der Waals surface area contributed by atoms with Crippen LogP contribution in [-0.4, -0.2) is 82.0 Å². The number of carbonyl (C=O) groups excluding carboxylic acids is 1. The molecule has 0 saturated heterocycles. The van der Waals surface area contributed by atoms with E-state index < -0.39 is 10.0 Å². The van der Waals surface area contributed by atoms with Gasteiger partial charge in [-0.25, -0.2) is 13.4 Å². The summed E-state index contributed by atoms with van der Waals surface area (Å²) in [6, 6.07) is 9.99. The number of amides is 1. The third-order valence-electron chi connectivity index (χ3n) is 7.76. The first-order chi connectivity index (χ1) is 19.2. The number of aromatic nitrogens is 1. The largest absolute Gasteiger partial charge is 0.493 e. The quantitative estimate of drug-likeness (QED) is 0.256. The molecule has 1 aliphatic carbocycles. The second-order valence-electron chi connectivity index (χ2n) is 9.99. The van der Waals surface area contributed by atoms with E-state index in [2.05, 4.69) is 18.7 Å². The van der Waals surface area contributed by atoms with Crippen LogP contribution < -0.4 is 14.4 Å². The maximum atomic E-state index is 13.9. The number of anilines is 1. The number of fused-ring (bicyclic) bond motifs is 1. The molecule has 1 heterocycles. The topological polar surface area (TPSA) is 92.3 Å². The molecule has 0 bridgehead atoms. The second kappa shape index (κ2) is 14.6. The Morgan fingerprint density at radius 1 is 0.976 bits per heavy atom. The number of nitrogens with zero attached hydrogens (tertiary/aromatic N) is 4. The van der Waals surface area contributed by atoms with Crippen LogP contribution in [0.4, 0.5) is 5.13 Å². The maximum Gasteiger partial charge on any atom is 0.260 e. The number of halogens is 1. The van der Waals surface area contributed by atoms with Crippen molar-refractivity contribution in [3.05, 3.63) is 42.0 Å². The minimum Gasteiger partial charge on any atom is -0.493 e. The van der Waals surface area contributed by atoms with E-state index in [0.717, 1.165) is 49.9 Å². The maximum absolute atomic E-state index is 13.9. The monoisotopic (exact) mass is 624 g/mol. The molecule has 226 valence electrons. The van der Waals surface area contributed by atoms with Crippen LogP contribution in [0.2, 0.25) is 0 Å². The Kier molecular flexibility index (Phi) is 11.8. The van der Waals surface area contributed by atoms with E-state index in [4.69, 9.17) is 14.5 Å². The third-order valence-corrected chi connectivity index (χ3v) is 10.7.